The maximum Gasteiger partial charge on any atom is 0.251 e. The Hall–Kier alpha value is -0.770. The maximum atomic E-state index is 12.2. The molecule has 1 fully saturated rings. The highest BCUT2D eigenvalue weighted by Crippen LogP contribution is 2.29. The van der Waals surface area contributed by atoms with Gasteiger partial charge in [0.1, 0.15) is 0 Å². The van der Waals surface area contributed by atoms with Crippen molar-refractivity contribution in [3.63, 3.8) is 0 Å². The summed E-state index contributed by atoms with van der Waals surface area (Å²) in [5, 5.41) is 13.3. The van der Waals surface area contributed by atoms with E-state index in [0.29, 0.717) is 15.6 Å². The van der Waals surface area contributed by atoms with Crippen LogP contribution in [-0.2, 0) is 0 Å². The third kappa shape index (κ3) is 3.41. The number of rotatable bonds is 3. The Morgan fingerprint density at radius 2 is 1.89 bits per heavy atom. The maximum absolute atomic E-state index is 12.2. The van der Waals surface area contributed by atoms with E-state index in [9.17, 15) is 9.90 Å². The summed E-state index contributed by atoms with van der Waals surface area (Å²) in [6, 6.07) is 4.79. The standard InChI is InChI=1S/C14H17Cl2NO2/c15-11-5-4-10(8-12(11)16)13(19)17-14(9-18)6-2-1-3-7-14/h4-5,8,18H,1-3,6-7,9H2,(H,17,19). The van der Waals surface area contributed by atoms with Gasteiger partial charge in [-0.2, -0.15) is 0 Å². The summed E-state index contributed by atoms with van der Waals surface area (Å²) in [4.78, 5) is 12.2. The molecule has 3 nitrogen and oxygen atoms in total. The highest BCUT2D eigenvalue weighted by Gasteiger charge is 2.33. The molecule has 0 radical (unpaired) electrons. The molecule has 1 amide bonds. The van der Waals surface area contributed by atoms with Gasteiger partial charge in [0, 0.05) is 5.56 Å². The number of carbonyl (C=O) groups excluding carboxylic acids is 1. The van der Waals surface area contributed by atoms with Crippen LogP contribution in [0.25, 0.3) is 0 Å². The minimum atomic E-state index is -0.485. The SMILES string of the molecule is O=C(NC1(CO)CCCCC1)c1ccc(Cl)c(Cl)c1. The van der Waals surface area contributed by atoms with Crippen molar-refractivity contribution >= 4 is 29.1 Å². The lowest BCUT2D eigenvalue weighted by molar-refractivity contribution is 0.0758. The second-order valence-electron chi connectivity index (χ2n) is 5.08. The summed E-state index contributed by atoms with van der Waals surface area (Å²) >= 11 is 11.7. The zero-order valence-electron chi connectivity index (χ0n) is 10.6. The Bertz CT molecular complexity index is 471. The zero-order valence-corrected chi connectivity index (χ0v) is 12.1. The summed E-state index contributed by atoms with van der Waals surface area (Å²) in [6.45, 7) is -0.0277. The van der Waals surface area contributed by atoms with E-state index in [0.717, 1.165) is 32.1 Å². The van der Waals surface area contributed by atoms with Gasteiger partial charge in [-0.05, 0) is 31.0 Å². The molecule has 1 aliphatic carbocycles. The predicted molar refractivity (Wildman–Crippen MR) is 76.8 cm³/mol. The largest absolute Gasteiger partial charge is 0.394 e. The van der Waals surface area contributed by atoms with Crippen LogP contribution in [0.2, 0.25) is 10.0 Å². The Labute approximate surface area is 122 Å². The molecular formula is C14H17Cl2NO2. The smallest absolute Gasteiger partial charge is 0.251 e. The van der Waals surface area contributed by atoms with Crippen LogP contribution in [0, 0.1) is 0 Å². The second-order valence-corrected chi connectivity index (χ2v) is 5.90. The average Bonchev–Trinajstić information content (AvgIpc) is 2.43. The summed E-state index contributed by atoms with van der Waals surface area (Å²) in [6.07, 6.45) is 4.85. The lowest BCUT2D eigenvalue weighted by atomic mass is 9.82. The molecule has 2 rings (SSSR count). The van der Waals surface area contributed by atoms with E-state index in [4.69, 9.17) is 23.2 Å². The summed E-state index contributed by atoms with van der Waals surface area (Å²) in [7, 11) is 0. The average molecular weight is 302 g/mol. The first-order chi connectivity index (χ1) is 9.06. The van der Waals surface area contributed by atoms with Gasteiger partial charge in [0.25, 0.3) is 5.91 Å². The zero-order chi connectivity index (χ0) is 13.9. The number of aliphatic hydroxyl groups is 1. The fourth-order valence-electron chi connectivity index (χ4n) is 2.50. The van der Waals surface area contributed by atoms with Gasteiger partial charge >= 0.3 is 0 Å². The van der Waals surface area contributed by atoms with E-state index in [-0.39, 0.29) is 12.5 Å². The molecule has 1 aliphatic rings. The fourth-order valence-corrected chi connectivity index (χ4v) is 2.80. The van der Waals surface area contributed by atoms with Gasteiger partial charge < -0.3 is 10.4 Å². The van der Waals surface area contributed by atoms with E-state index in [1.54, 1.807) is 18.2 Å². The Morgan fingerprint density at radius 1 is 1.21 bits per heavy atom. The first kappa shape index (κ1) is 14.6. The predicted octanol–water partition coefficient (Wildman–Crippen LogP) is 3.42. The van der Waals surface area contributed by atoms with Crippen LogP contribution in [0.4, 0.5) is 0 Å². The van der Waals surface area contributed by atoms with Gasteiger partial charge in [-0.1, -0.05) is 42.5 Å². The van der Waals surface area contributed by atoms with Crippen molar-refractivity contribution in [2.45, 2.75) is 37.6 Å². The molecule has 0 heterocycles. The molecule has 19 heavy (non-hydrogen) atoms. The fraction of sp³-hybridized carbons (Fsp3) is 0.500. The highest BCUT2D eigenvalue weighted by molar-refractivity contribution is 6.42. The third-order valence-electron chi connectivity index (χ3n) is 3.67. The van der Waals surface area contributed by atoms with Crippen LogP contribution in [0.15, 0.2) is 18.2 Å². The van der Waals surface area contributed by atoms with Crippen LogP contribution < -0.4 is 5.32 Å². The molecule has 0 atom stereocenters. The number of nitrogens with one attached hydrogen (secondary N) is 1. The summed E-state index contributed by atoms with van der Waals surface area (Å²) < 4.78 is 0. The van der Waals surface area contributed by atoms with Gasteiger partial charge in [-0.3, -0.25) is 4.79 Å². The van der Waals surface area contributed by atoms with Crippen LogP contribution >= 0.6 is 23.2 Å². The minimum Gasteiger partial charge on any atom is -0.394 e. The number of aliphatic hydroxyl groups excluding tert-OH is 1. The summed E-state index contributed by atoms with van der Waals surface area (Å²) in [5.74, 6) is -0.213. The molecule has 1 saturated carbocycles. The monoisotopic (exact) mass is 301 g/mol. The topological polar surface area (TPSA) is 49.3 Å². The molecule has 2 N–H and O–H groups in total. The Kier molecular flexibility index (Phi) is 4.71. The van der Waals surface area contributed by atoms with Crippen molar-refractivity contribution < 1.29 is 9.90 Å². The molecule has 0 aliphatic heterocycles. The van der Waals surface area contributed by atoms with Crippen LogP contribution in [0.3, 0.4) is 0 Å². The van der Waals surface area contributed by atoms with Gasteiger partial charge in [0.2, 0.25) is 0 Å². The molecule has 0 unspecified atom stereocenters. The Balaban J connectivity index is 2.12. The van der Waals surface area contributed by atoms with Crippen LogP contribution in [-0.4, -0.2) is 23.2 Å². The number of carbonyl (C=O) groups is 1. The van der Waals surface area contributed by atoms with Crippen molar-refractivity contribution in [3.8, 4) is 0 Å². The van der Waals surface area contributed by atoms with Gasteiger partial charge in [0.05, 0.1) is 22.2 Å². The molecule has 1 aromatic rings. The van der Waals surface area contributed by atoms with Crippen molar-refractivity contribution in [1.82, 2.24) is 5.32 Å². The number of amides is 1. The molecule has 0 saturated heterocycles. The van der Waals surface area contributed by atoms with Crippen molar-refractivity contribution in [2.24, 2.45) is 0 Å². The van der Waals surface area contributed by atoms with Gasteiger partial charge in [-0.25, -0.2) is 0 Å². The first-order valence-electron chi connectivity index (χ1n) is 6.45. The molecule has 1 aromatic carbocycles. The van der Waals surface area contributed by atoms with E-state index < -0.39 is 5.54 Å². The normalized spacial score (nSPS) is 18.1. The molecule has 0 aromatic heterocycles. The highest BCUT2D eigenvalue weighted by atomic mass is 35.5. The number of hydrogen-bond donors (Lipinski definition) is 2. The lowest BCUT2D eigenvalue weighted by Crippen LogP contribution is -2.52. The minimum absolute atomic E-state index is 0.0277. The van der Waals surface area contributed by atoms with E-state index in [1.165, 1.54) is 0 Å². The van der Waals surface area contributed by atoms with Crippen LogP contribution in [0.1, 0.15) is 42.5 Å². The molecule has 0 spiro atoms. The van der Waals surface area contributed by atoms with Gasteiger partial charge in [0.15, 0.2) is 0 Å². The molecular weight excluding hydrogens is 285 g/mol. The first-order valence-corrected chi connectivity index (χ1v) is 7.20. The van der Waals surface area contributed by atoms with E-state index >= 15 is 0 Å². The number of halogens is 2. The number of benzene rings is 1. The van der Waals surface area contributed by atoms with E-state index in [2.05, 4.69) is 5.32 Å². The lowest BCUT2D eigenvalue weighted by Gasteiger charge is -2.36. The third-order valence-corrected chi connectivity index (χ3v) is 4.41. The van der Waals surface area contributed by atoms with E-state index in [1.807, 2.05) is 0 Å². The molecule has 5 heteroatoms. The van der Waals surface area contributed by atoms with Crippen molar-refractivity contribution in [1.29, 1.82) is 0 Å². The van der Waals surface area contributed by atoms with Gasteiger partial charge in [-0.15, -0.1) is 0 Å². The second kappa shape index (κ2) is 6.12. The van der Waals surface area contributed by atoms with Crippen molar-refractivity contribution in [3.05, 3.63) is 33.8 Å². The summed E-state index contributed by atoms with van der Waals surface area (Å²) in [5.41, 5.74) is -0.0191. The Morgan fingerprint density at radius 3 is 2.47 bits per heavy atom. The van der Waals surface area contributed by atoms with Crippen molar-refractivity contribution in [2.75, 3.05) is 6.61 Å². The van der Waals surface area contributed by atoms with Crippen LogP contribution in [0.5, 0.6) is 0 Å². The molecule has 104 valence electrons. The quantitative estimate of drug-likeness (QED) is 0.899. The number of hydrogen-bond acceptors (Lipinski definition) is 2. The molecule has 0 bridgehead atoms.